The molecule has 5 nitrogen and oxygen atoms in total. The van der Waals surface area contributed by atoms with E-state index < -0.39 is 17.3 Å². The maximum atomic E-state index is 10.6. The Morgan fingerprint density at radius 1 is 1.20 bits per heavy atom. The van der Waals surface area contributed by atoms with Crippen molar-refractivity contribution in [3.8, 4) is 5.75 Å². The summed E-state index contributed by atoms with van der Waals surface area (Å²) >= 11 is 0. The van der Waals surface area contributed by atoms with Crippen LogP contribution in [0.1, 0.15) is 45.1 Å². The number of aliphatic hydroxyl groups excluding tert-OH is 1. The van der Waals surface area contributed by atoms with E-state index in [1.165, 1.54) is 5.56 Å². The number of benzene rings is 1. The maximum Gasteiger partial charge on any atom is 0.119 e. The Kier molecular flexibility index (Phi) is 5.68. The van der Waals surface area contributed by atoms with Crippen molar-refractivity contribution in [2.45, 2.75) is 63.4 Å². The van der Waals surface area contributed by atoms with Crippen molar-refractivity contribution in [1.29, 1.82) is 0 Å². The minimum absolute atomic E-state index is 0.492. The number of likely N-dealkylation sites (tertiary alicyclic amines) is 1. The van der Waals surface area contributed by atoms with Crippen molar-refractivity contribution >= 4 is 0 Å². The van der Waals surface area contributed by atoms with E-state index >= 15 is 0 Å². The predicted molar refractivity (Wildman–Crippen MR) is 96.7 cm³/mol. The molecular formula is C20H31NO4. The van der Waals surface area contributed by atoms with Gasteiger partial charge in [-0.15, -0.1) is 0 Å². The molecule has 0 aliphatic carbocycles. The summed E-state index contributed by atoms with van der Waals surface area (Å²) in [5.74, 6) is 0.921. The molecule has 1 spiro atoms. The summed E-state index contributed by atoms with van der Waals surface area (Å²) in [5.41, 5.74) is -0.373. The first-order chi connectivity index (χ1) is 12.0. The molecule has 140 valence electrons. The van der Waals surface area contributed by atoms with Crippen LogP contribution in [0.2, 0.25) is 0 Å². The number of rotatable bonds is 5. The van der Waals surface area contributed by atoms with Crippen molar-refractivity contribution in [2.75, 3.05) is 26.3 Å². The van der Waals surface area contributed by atoms with Crippen molar-refractivity contribution in [1.82, 2.24) is 4.90 Å². The van der Waals surface area contributed by atoms with E-state index in [0.29, 0.717) is 13.0 Å². The Morgan fingerprint density at radius 2 is 1.88 bits per heavy atom. The van der Waals surface area contributed by atoms with Gasteiger partial charge in [0, 0.05) is 26.1 Å². The molecule has 0 aromatic heterocycles. The number of hydrogen-bond donors (Lipinski definition) is 2. The fourth-order valence-electron chi connectivity index (χ4n) is 3.92. The van der Waals surface area contributed by atoms with Gasteiger partial charge in [-0.2, -0.15) is 0 Å². The Hall–Kier alpha value is -1.14. The van der Waals surface area contributed by atoms with E-state index in [4.69, 9.17) is 9.47 Å². The predicted octanol–water partition coefficient (Wildman–Crippen LogP) is 2.34. The topological polar surface area (TPSA) is 62.2 Å². The molecular weight excluding hydrogens is 318 g/mol. The highest BCUT2D eigenvalue weighted by atomic mass is 16.5. The van der Waals surface area contributed by atoms with Crippen molar-refractivity contribution in [3.05, 3.63) is 29.8 Å². The summed E-state index contributed by atoms with van der Waals surface area (Å²) in [7, 11) is 0. The van der Waals surface area contributed by atoms with Crippen LogP contribution in [0, 0.1) is 0 Å². The quantitative estimate of drug-likeness (QED) is 0.854. The van der Waals surface area contributed by atoms with Crippen molar-refractivity contribution in [2.24, 2.45) is 0 Å². The van der Waals surface area contributed by atoms with Crippen LogP contribution in [0.25, 0.3) is 0 Å². The maximum absolute atomic E-state index is 10.6. The average Bonchev–Trinajstić information content (AvgIpc) is 2.61. The van der Waals surface area contributed by atoms with Crippen LogP contribution in [0.15, 0.2) is 24.3 Å². The Balaban J connectivity index is 1.54. The molecule has 0 amide bonds. The zero-order valence-corrected chi connectivity index (χ0v) is 15.4. The minimum atomic E-state index is -1.05. The van der Waals surface area contributed by atoms with E-state index in [1.807, 2.05) is 12.1 Å². The molecule has 2 aliphatic rings. The monoisotopic (exact) mass is 349 g/mol. The summed E-state index contributed by atoms with van der Waals surface area (Å²) in [6.07, 6.45) is 2.19. The molecule has 0 saturated carbocycles. The van der Waals surface area contributed by atoms with Gasteiger partial charge in [0.25, 0.3) is 0 Å². The smallest absolute Gasteiger partial charge is 0.119 e. The van der Waals surface area contributed by atoms with E-state index in [2.05, 4.69) is 24.0 Å². The molecule has 1 aromatic rings. The summed E-state index contributed by atoms with van der Waals surface area (Å²) in [6, 6.07) is 8.29. The number of piperidine rings is 1. The third-order valence-corrected chi connectivity index (χ3v) is 5.59. The molecule has 2 aliphatic heterocycles. The Morgan fingerprint density at radius 3 is 2.52 bits per heavy atom. The van der Waals surface area contributed by atoms with Crippen LogP contribution in [0.3, 0.4) is 0 Å². The lowest BCUT2D eigenvalue weighted by molar-refractivity contribution is -0.246. The highest BCUT2D eigenvalue weighted by Gasteiger charge is 2.52. The molecule has 5 heteroatoms. The summed E-state index contributed by atoms with van der Waals surface area (Å²) < 4.78 is 11.6. The van der Waals surface area contributed by atoms with E-state index in [0.717, 1.165) is 51.3 Å². The van der Waals surface area contributed by atoms with Crippen LogP contribution in [-0.2, 0) is 11.3 Å². The van der Waals surface area contributed by atoms with Gasteiger partial charge in [0.05, 0.1) is 24.4 Å². The molecule has 0 unspecified atom stereocenters. The van der Waals surface area contributed by atoms with E-state index in [9.17, 15) is 10.2 Å². The highest BCUT2D eigenvalue weighted by Crippen LogP contribution is 2.39. The van der Waals surface area contributed by atoms with Gasteiger partial charge in [-0.25, -0.2) is 0 Å². The molecule has 2 N–H and O–H groups in total. The second kappa shape index (κ2) is 7.62. The molecule has 2 atom stereocenters. The second-order valence-corrected chi connectivity index (χ2v) is 7.69. The Labute approximate surface area is 150 Å². The number of ether oxygens (including phenoxy) is 2. The van der Waals surface area contributed by atoms with E-state index in [1.54, 1.807) is 6.92 Å². The van der Waals surface area contributed by atoms with Gasteiger partial charge in [-0.05, 0) is 43.9 Å². The number of hydrogen-bond acceptors (Lipinski definition) is 5. The largest absolute Gasteiger partial charge is 0.494 e. The molecule has 2 fully saturated rings. The van der Waals surface area contributed by atoms with Gasteiger partial charge in [0.2, 0.25) is 0 Å². The van der Waals surface area contributed by atoms with Crippen LogP contribution in [0.4, 0.5) is 0 Å². The van der Waals surface area contributed by atoms with Crippen LogP contribution >= 0.6 is 0 Å². The standard InChI is InChI=1S/C20H31NO4/c1-3-13-24-17-6-4-16(5-7-17)15-21-11-8-20(9-12-21)18(22)19(2,23)10-14-25-20/h4-7,18,22-23H,3,8-15H2,1-2H3/t18-,19+/m0/s1. The number of aliphatic hydroxyl groups is 2. The normalized spacial score (nSPS) is 29.7. The lowest BCUT2D eigenvalue weighted by Gasteiger charge is -2.51. The van der Waals surface area contributed by atoms with E-state index in [-0.39, 0.29) is 0 Å². The van der Waals surface area contributed by atoms with Crippen molar-refractivity contribution in [3.63, 3.8) is 0 Å². The van der Waals surface area contributed by atoms with Gasteiger partial charge in [0.15, 0.2) is 0 Å². The first-order valence-corrected chi connectivity index (χ1v) is 9.44. The lowest BCUT2D eigenvalue weighted by Crippen LogP contribution is -2.64. The van der Waals surface area contributed by atoms with Gasteiger partial charge in [-0.1, -0.05) is 19.1 Å². The third-order valence-electron chi connectivity index (χ3n) is 5.59. The molecule has 25 heavy (non-hydrogen) atoms. The van der Waals surface area contributed by atoms with Gasteiger partial charge < -0.3 is 19.7 Å². The Bertz CT molecular complexity index is 549. The van der Waals surface area contributed by atoms with Gasteiger partial charge in [-0.3, -0.25) is 4.90 Å². The fourth-order valence-corrected chi connectivity index (χ4v) is 3.92. The van der Waals surface area contributed by atoms with Crippen LogP contribution in [-0.4, -0.2) is 58.7 Å². The molecule has 2 saturated heterocycles. The molecule has 0 bridgehead atoms. The molecule has 3 rings (SSSR count). The van der Waals surface area contributed by atoms with Crippen molar-refractivity contribution < 1.29 is 19.7 Å². The summed E-state index contributed by atoms with van der Waals surface area (Å²) in [4.78, 5) is 2.38. The molecule has 2 heterocycles. The second-order valence-electron chi connectivity index (χ2n) is 7.69. The zero-order chi connectivity index (χ0) is 17.9. The highest BCUT2D eigenvalue weighted by molar-refractivity contribution is 5.27. The van der Waals surface area contributed by atoms with Crippen LogP contribution < -0.4 is 4.74 Å². The van der Waals surface area contributed by atoms with Gasteiger partial charge >= 0.3 is 0 Å². The summed E-state index contributed by atoms with van der Waals surface area (Å²) in [6.45, 7) is 7.70. The number of nitrogens with zero attached hydrogens (tertiary/aromatic N) is 1. The lowest BCUT2D eigenvalue weighted by atomic mass is 9.75. The minimum Gasteiger partial charge on any atom is -0.494 e. The molecule has 1 aromatic carbocycles. The van der Waals surface area contributed by atoms with Gasteiger partial charge in [0.1, 0.15) is 11.9 Å². The van der Waals surface area contributed by atoms with Crippen LogP contribution in [0.5, 0.6) is 5.75 Å². The molecule has 0 radical (unpaired) electrons. The summed E-state index contributed by atoms with van der Waals surface area (Å²) in [5, 5.41) is 21.0. The fraction of sp³-hybridized carbons (Fsp3) is 0.700. The zero-order valence-electron chi connectivity index (χ0n) is 15.4. The first kappa shape index (κ1) is 18.6. The first-order valence-electron chi connectivity index (χ1n) is 9.44. The third kappa shape index (κ3) is 4.17. The SMILES string of the molecule is CCCOc1ccc(CN2CCC3(CC2)OCC[C@@](C)(O)[C@@H]3O)cc1. The average molecular weight is 349 g/mol.